The fourth-order valence-electron chi connectivity index (χ4n) is 1.56. The van der Waals surface area contributed by atoms with Crippen LogP contribution in [0.15, 0.2) is 24.3 Å². The fourth-order valence-corrected chi connectivity index (χ4v) is 1.64. The topological polar surface area (TPSA) is 66.6 Å². The first kappa shape index (κ1) is 14.4. The van der Waals surface area contributed by atoms with Gasteiger partial charge in [0, 0.05) is 25.1 Å². The minimum Gasteiger partial charge on any atom is -0.508 e. The van der Waals surface area contributed by atoms with E-state index in [2.05, 4.69) is 0 Å². The molecule has 0 aliphatic carbocycles. The summed E-state index contributed by atoms with van der Waals surface area (Å²) in [5, 5.41) is 9.60. The van der Waals surface area contributed by atoms with Crippen LogP contribution in [0.1, 0.15) is 12.5 Å². The standard InChI is InChI=1S/C13H18N2O2S/c1-9(13(14)18)8-15(2)12(17)7-10-5-3-4-6-11(10)16/h3-6,9,16H,7-8H2,1-2H3,(H2,14,18). The average Bonchev–Trinajstić information content (AvgIpc) is 2.31. The highest BCUT2D eigenvalue weighted by Crippen LogP contribution is 2.16. The molecule has 1 unspecified atom stereocenters. The van der Waals surface area contributed by atoms with E-state index < -0.39 is 0 Å². The van der Waals surface area contributed by atoms with Crippen LogP contribution in [0.3, 0.4) is 0 Å². The van der Waals surface area contributed by atoms with Crippen LogP contribution in [0.4, 0.5) is 0 Å². The van der Waals surface area contributed by atoms with Gasteiger partial charge >= 0.3 is 0 Å². The summed E-state index contributed by atoms with van der Waals surface area (Å²) < 4.78 is 0. The van der Waals surface area contributed by atoms with Gasteiger partial charge in [-0.15, -0.1) is 0 Å². The van der Waals surface area contributed by atoms with Crippen molar-refractivity contribution in [1.29, 1.82) is 0 Å². The number of phenolic OH excluding ortho intramolecular Hbond substituents is 1. The Morgan fingerprint density at radius 1 is 1.50 bits per heavy atom. The summed E-state index contributed by atoms with van der Waals surface area (Å²) in [6, 6.07) is 6.82. The molecule has 0 aromatic heterocycles. The third kappa shape index (κ3) is 4.00. The van der Waals surface area contributed by atoms with E-state index in [1.54, 1.807) is 36.2 Å². The first-order valence-corrected chi connectivity index (χ1v) is 6.12. The quantitative estimate of drug-likeness (QED) is 0.789. The van der Waals surface area contributed by atoms with Crippen LogP contribution >= 0.6 is 12.2 Å². The molecule has 18 heavy (non-hydrogen) atoms. The predicted molar refractivity (Wildman–Crippen MR) is 75.4 cm³/mol. The van der Waals surface area contributed by atoms with Gasteiger partial charge in [-0.1, -0.05) is 37.3 Å². The molecule has 4 nitrogen and oxygen atoms in total. The Kier molecular flexibility index (Phi) is 5.09. The number of benzene rings is 1. The molecule has 0 fully saturated rings. The van der Waals surface area contributed by atoms with E-state index in [0.717, 1.165) is 0 Å². The van der Waals surface area contributed by atoms with Crippen molar-refractivity contribution in [3.05, 3.63) is 29.8 Å². The van der Waals surface area contributed by atoms with E-state index in [1.807, 2.05) is 6.92 Å². The number of hydrogen-bond acceptors (Lipinski definition) is 3. The van der Waals surface area contributed by atoms with Crippen LogP contribution in [0.5, 0.6) is 5.75 Å². The number of carbonyl (C=O) groups excluding carboxylic acids is 1. The van der Waals surface area contributed by atoms with E-state index in [4.69, 9.17) is 18.0 Å². The van der Waals surface area contributed by atoms with E-state index in [1.165, 1.54) is 0 Å². The summed E-state index contributed by atoms with van der Waals surface area (Å²) in [6.45, 7) is 2.37. The first-order valence-electron chi connectivity index (χ1n) is 5.72. The molecule has 5 heteroatoms. The number of hydrogen-bond donors (Lipinski definition) is 2. The Bertz CT molecular complexity index is 448. The smallest absolute Gasteiger partial charge is 0.226 e. The lowest BCUT2D eigenvalue weighted by atomic mass is 10.1. The molecule has 0 aliphatic heterocycles. The highest BCUT2D eigenvalue weighted by molar-refractivity contribution is 7.80. The van der Waals surface area contributed by atoms with Gasteiger partial charge in [0.25, 0.3) is 0 Å². The van der Waals surface area contributed by atoms with Gasteiger partial charge < -0.3 is 15.7 Å². The fraction of sp³-hybridized carbons (Fsp3) is 0.385. The molecule has 1 aromatic rings. The van der Waals surface area contributed by atoms with Crippen molar-refractivity contribution < 1.29 is 9.90 Å². The highest BCUT2D eigenvalue weighted by Gasteiger charge is 2.15. The molecule has 0 saturated heterocycles. The van der Waals surface area contributed by atoms with Crippen LogP contribution in [-0.2, 0) is 11.2 Å². The van der Waals surface area contributed by atoms with Gasteiger partial charge in [-0.2, -0.15) is 0 Å². The van der Waals surface area contributed by atoms with Crippen molar-refractivity contribution >= 4 is 23.1 Å². The predicted octanol–water partition coefficient (Wildman–Crippen LogP) is 1.32. The largest absolute Gasteiger partial charge is 0.508 e. The van der Waals surface area contributed by atoms with Crippen LogP contribution in [-0.4, -0.2) is 34.5 Å². The van der Waals surface area contributed by atoms with Gasteiger partial charge in [0.2, 0.25) is 5.91 Å². The summed E-state index contributed by atoms with van der Waals surface area (Å²) in [7, 11) is 1.71. The Morgan fingerprint density at radius 2 is 2.11 bits per heavy atom. The molecular weight excluding hydrogens is 248 g/mol. The molecule has 0 spiro atoms. The molecule has 0 saturated carbocycles. The van der Waals surface area contributed by atoms with Gasteiger partial charge in [-0.05, 0) is 6.07 Å². The molecule has 1 atom stereocenters. The molecule has 0 aliphatic rings. The number of para-hydroxylation sites is 1. The van der Waals surface area contributed by atoms with Crippen molar-refractivity contribution in [2.75, 3.05) is 13.6 Å². The number of rotatable bonds is 5. The molecule has 0 radical (unpaired) electrons. The Labute approximate surface area is 112 Å². The normalized spacial score (nSPS) is 11.9. The van der Waals surface area contributed by atoms with Crippen molar-refractivity contribution in [2.45, 2.75) is 13.3 Å². The van der Waals surface area contributed by atoms with Crippen molar-refractivity contribution in [2.24, 2.45) is 11.7 Å². The number of nitrogens with two attached hydrogens (primary N) is 1. The Hall–Kier alpha value is -1.62. The maximum Gasteiger partial charge on any atom is 0.226 e. The average molecular weight is 266 g/mol. The van der Waals surface area contributed by atoms with Crippen molar-refractivity contribution in [3.63, 3.8) is 0 Å². The van der Waals surface area contributed by atoms with Crippen molar-refractivity contribution in [3.8, 4) is 5.75 Å². The zero-order valence-electron chi connectivity index (χ0n) is 10.6. The summed E-state index contributed by atoms with van der Waals surface area (Å²) in [5.41, 5.74) is 6.14. The van der Waals surface area contributed by atoms with Crippen LogP contribution < -0.4 is 5.73 Å². The van der Waals surface area contributed by atoms with Crippen molar-refractivity contribution in [1.82, 2.24) is 4.90 Å². The first-order chi connectivity index (χ1) is 8.41. The summed E-state index contributed by atoms with van der Waals surface area (Å²) in [6.07, 6.45) is 0.174. The third-order valence-electron chi connectivity index (χ3n) is 2.79. The summed E-state index contributed by atoms with van der Waals surface area (Å²) in [5.74, 6) is 0.0552. The van der Waals surface area contributed by atoms with E-state index >= 15 is 0 Å². The van der Waals surface area contributed by atoms with Gasteiger partial charge in [0.1, 0.15) is 5.75 Å². The second kappa shape index (κ2) is 6.35. The third-order valence-corrected chi connectivity index (χ3v) is 3.19. The molecule has 0 bridgehead atoms. The molecular formula is C13H18N2O2S. The molecule has 1 aromatic carbocycles. The monoisotopic (exact) mass is 266 g/mol. The minimum atomic E-state index is -0.0698. The lowest BCUT2D eigenvalue weighted by Crippen LogP contribution is -2.36. The number of amides is 1. The minimum absolute atomic E-state index is 0.0154. The molecule has 1 rings (SSSR count). The lowest BCUT2D eigenvalue weighted by molar-refractivity contribution is -0.129. The maximum atomic E-state index is 12.0. The van der Waals surface area contributed by atoms with E-state index in [0.29, 0.717) is 17.1 Å². The number of likely N-dealkylation sites (N-methyl/N-ethyl adjacent to an activating group) is 1. The second-order valence-electron chi connectivity index (χ2n) is 4.38. The van der Waals surface area contributed by atoms with Crippen LogP contribution in [0.25, 0.3) is 0 Å². The number of thiocarbonyl (C=S) groups is 1. The van der Waals surface area contributed by atoms with E-state index in [9.17, 15) is 9.90 Å². The summed E-state index contributed by atoms with van der Waals surface area (Å²) in [4.78, 5) is 13.9. The zero-order valence-corrected chi connectivity index (χ0v) is 11.4. The Balaban J connectivity index is 2.61. The Morgan fingerprint density at radius 3 is 2.67 bits per heavy atom. The van der Waals surface area contributed by atoms with Gasteiger partial charge in [0.05, 0.1) is 11.4 Å². The van der Waals surface area contributed by atoms with Gasteiger partial charge in [-0.3, -0.25) is 4.79 Å². The van der Waals surface area contributed by atoms with Crippen LogP contribution in [0.2, 0.25) is 0 Å². The SMILES string of the molecule is CC(CN(C)C(=O)Cc1ccccc1O)C(N)=S. The molecule has 1 amide bonds. The molecule has 0 heterocycles. The van der Waals surface area contributed by atoms with Gasteiger partial charge in [-0.25, -0.2) is 0 Å². The maximum absolute atomic E-state index is 12.0. The second-order valence-corrected chi connectivity index (χ2v) is 4.85. The number of aromatic hydroxyl groups is 1. The summed E-state index contributed by atoms with van der Waals surface area (Å²) >= 11 is 4.87. The lowest BCUT2D eigenvalue weighted by Gasteiger charge is -2.21. The number of carbonyl (C=O) groups is 1. The van der Waals surface area contributed by atoms with E-state index in [-0.39, 0.29) is 24.0 Å². The number of nitrogens with zero attached hydrogens (tertiary/aromatic N) is 1. The number of phenols is 1. The zero-order chi connectivity index (χ0) is 13.7. The molecule has 98 valence electrons. The highest BCUT2D eigenvalue weighted by atomic mass is 32.1. The molecule has 3 N–H and O–H groups in total. The van der Waals surface area contributed by atoms with Gasteiger partial charge in [0.15, 0.2) is 0 Å². The van der Waals surface area contributed by atoms with Crippen LogP contribution in [0, 0.1) is 5.92 Å².